The van der Waals surface area contributed by atoms with Crippen LogP contribution in [-0.2, 0) is 6.42 Å². The van der Waals surface area contributed by atoms with Crippen LogP contribution in [0.4, 0.5) is 0 Å². The molecule has 0 spiro atoms. The lowest BCUT2D eigenvalue weighted by molar-refractivity contribution is 0.141. The van der Waals surface area contributed by atoms with Gasteiger partial charge in [-0.05, 0) is 30.0 Å². The molecule has 0 fully saturated rings. The first-order valence-corrected chi connectivity index (χ1v) is 6.70. The van der Waals surface area contributed by atoms with E-state index >= 15 is 0 Å². The molecular weight excluding hydrogens is 236 g/mol. The molecular formula is C17H18O2. The number of ether oxygens (including phenoxy) is 1. The molecule has 2 nitrogen and oxygen atoms in total. The van der Waals surface area contributed by atoms with E-state index in [9.17, 15) is 5.11 Å². The summed E-state index contributed by atoms with van der Waals surface area (Å²) in [5.74, 6) is 0.937. The number of aliphatic hydroxyl groups excluding tert-OH is 1. The van der Waals surface area contributed by atoms with E-state index in [2.05, 4.69) is 18.2 Å². The molecule has 19 heavy (non-hydrogen) atoms. The minimum atomic E-state index is -0.500. The Morgan fingerprint density at radius 3 is 2.68 bits per heavy atom. The normalized spacial score (nSPS) is 18.9. The molecule has 2 aromatic carbocycles. The Balaban J connectivity index is 1.95. The summed E-state index contributed by atoms with van der Waals surface area (Å²) in [6.07, 6.45) is 1.55. The van der Waals surface area contributed by atoms with Crippen molar-refractivity contribution in [3.8, 4) is 5.75 Å². The molecule has 2 atom stereocenters. The Morgan fingerprint density at radius 2 is 1.84 bits per heavy atom. The fourth-order valence-corrected chi connectivity index (χ4v) is 3.05. The van der Waals surface area contributed by atoms with Gasteiger partial charge < -0.3 is 9.84 Å². The summed E-state index contributed by atoms with van der Waals surface area (Å²) < 4.78 is 5.35. The molecule has 2 aromatic rings. The van der Waals surface area contributed by atoms with Gasteiger partial charge in [-0.3, -0.25) is 0 Å². The fraction of sp³-hybridized carbons (Fsp3) is 0.294. The molecule has 0 saturated heterocycles. The molecule has 0 aromatic heterocycles. The lowest BCUT2D eigenvalue weighted by Crippen LogP contribution is -2.09. The van der Waals surface area contributed by atoms with Crippen LogP contribution in [0.25, 0.3) is 0 Å². The quantitative estimate of drug-likeness (QED) is 0.909. The maximum Gasteiger partial charge on any atom is 0.124 e. The van der Waals surface area contributed by atoms with E-state index < -0.39 is 6.10 Å². The van der Waals surface area contributed by atoms with E-state index in [1.54, 1.807) is 7.11 Å². The van der Waals surface area contributed by atoms with Crippen molar-refractivity contribution in [2.45, 2.75) is 24.9 Å². The van der Waals surface area contributed by atoms with Gasteiger partial charge in [-0.25, -0.2) is 0 Å². The molecule has 2 unspecified atom stereocenters. The summed E-state index contributed by atoms with van der Waals surface area (Å²) >= 11 is 0. The van der Waals surface area contributed by atoms with Crippen LogP contribution in [0.15, 0.2) is 48.5 Å². The van der Waals surface area contributed by atoms with Crippen molar-refractivity contribution in [3.05, 3.63) is 65.2 Å². The van der Waals surface area contributed by atoms with E-state index in [-0.39, 0.29) is 5.92 Å². The van der Waals surface area contributed by atoms with Gasteiger partial charge in [-0.15, -0.1) is 0 Å². The Morgan fingerprint density at radius 1 is 1.11 bits per heavy atom. The topological polar surface area (TPSA) is 29.5 Å². The third kappa shape index (κ3) is 2.13. The highest BCUT2D eigenvalue weighted by Crippen LogP contribution is 2.43. The molecule has 3 rings (SSSR count). The number of hydrogen-bond acceptors (Lipinski definition) is 2. The predicted octanol–water partition coefficient (Wildman–Crippen LogP) is 3.46. The molecule has 2 heteroatoms. The lowest BCUT2D eigenvalue weighted by atomic mass is 9.90. The maximum atomic E-state index is 10.7. The van der Waals surface area contributed by atoms with Gasteiger partial charge >= 0.3 is 0 Å². The van der Waals surface area contributed by atoms with E-state index in [0.717, 1.165) is 24.2 Å². The summed E-state index contributed by atoms with van der Waals surface area (Å²) in [5, 5.41) is 10.7. The van der Waals surface area contributed by atoms with Gasteiger partial charge in [-0.1, -0.05) is 42.5 Å². The zero-order chi connectivity index (χ0) is 13.2. The Labute approximate surface area is 113 Å². The first-order valence-electron chi connectivity index (χ1n) is 6.70. The molecule has 1 aliphatic rings. The largest absolute Gasteiger partial charge is 0.496 e. The standard InChI is InChI=1S/C17H18O2/c1-19-16-9-5-4-8-15(16)17(18)14-11-10-12-6-2-3-7-13(12)14/h2-9,14,17-18H,10-11H2,1H3. The van der Waals surface area contributed by atoms with Gasteiger partial charge in [0, 0.05) is 11.5 Å². The van der Waals surface area contributed by atoms with Crippen molar-refractivity contribution in [2.24, 2.45) is 0 Å². The van der Waals surface area contributed by atoms with E-state index in [1.165, 1.54) is 11.1 Å². The van der Waals surface area contributed by atoms with Crippen LogP contribution in [-0.4, -0.2) is 12.2 Å². The fourth-order valence-electron chi connectivity index (χ4n) is 3.05. The number of aryl methyl sites for hydroxylation is 1. The third-order valence-corrected chi connectivity index (χ3v) is 4.02. The van der Waals surface area contributed by atoms with Crippen molar-refractivity contribution in [3.63, 3.8) is 0 Å². The SMILES string of the molecule is COc1ccccc1C(O)C1CCc2ccccc21. The maximum absolute atomic E-state index is 10.7. The summed E-state index contributed by atoms with van der Waals surface area (Å²) in [5.41, 5.74) is 3.52. The smallest absolute Gasteiger partial charge is 0.124 e. The van der Waals surface area contributed by atoms with E-state index in [1.807, 2.05) is 30.3 Å². The van der Waals surface area contributed by atoms with Crippen LogP contribution >= 0.6 is 0 Å². The van der Waals surface area contributed by atoms with Gasteiger partial charge in [0.15, 0.2) is 0 Å². The average Bonchev–Trinajstić information content (AvgIpc) is 2.90. The molecule has 1 aliphatic carbocycles. The Hall–Kier alpha value is -1.80. The van der Waals surface area contributed by atoms with Crippen molar-refractivity contribution >= 4 is 0 Å². The summed E-state index contributed by atoms with van der Waals surface area (Å²) in [6, 6.07) is 16.1. The monoisotopic (exact) mass is 254 g/mol. The summed E-state index contributed by atoms with van der Waals surface area (Å²) in [7, 11) is 1.65. The van der Waals surface area contributed by atoms with Crippen molar-refractivity contribution in [1.29, 1.82) is 0 Å². The van der Waals surface area contributed by atoms with Crippen LogP contribution < -0.4 is 4.74 Å². The highest BCUT2D eigenvalue weighted by Gasteiger charge is 2.30. The zero-order valence-corrected chi connectivity index (χ0v) is 11.0. The van der Waals surface area contributed by atoms with Crippen LogP contribution in [0.2, 0.25) is 0 Å². The summed E-state index contributed by atoms with van der Waals surface area (Å²) in [4.78, 5) is 0. The zero-order valence-electron chi connectivity index (χ0n) is 11.0. The lowest BCUT2D eigenvalue weighted by Gasteiger charge is -2.21. The van der Waals surface area contributed by atoms with Crippen LogP contribution in [0, 0.1) is 0 Å². The van der Waals surface area contributed by atoms with Crippen molar-refractivity contribution in [1.82, 2.24) is 0 Å². The van der Waals surface area contributed by atoms with Gasteiger partial charge in [0.2, 0.25) is 0 Å². The molecule has 0 aliphatic heterocycles. The molecule has 0 bridgehead atoms. The highest BCUT2D eigenvalue weighted by atomic mass is 16.5. The molecule has 0 amide bonds. The number of para-hydroxylation sites is 1. The first-order chi connectivity index (χ1) is 9.31. The number of aliphatic hydroxyl groups is 1. The Kier molecular flexibility index (Phi) is 3.26. The minimum absolute atomic E-state index is 0.174. The van der Waals surface area contributed by atoms with Crippen molar-refractivity contribution < 1.29 is 9.84 Å². The number of fused-ring (bicyclic) bond motifs is 1. The van der Waals surface area contributed by atoms with Gasteiger partial charge in [0.25, 0.3) is 0 Å². The Bertz CT molecular complexity index is 577. The molecule has 0 saturated carbocycles. The van der Waals surface area contributed by atoms with Crippen LogP contribution in [0.1, 0.15) is 35.1 Å². The number of hydrogen-bond donors (Lipinski definition) is 1. The van der Waals surface area contributed by atoms with Crippen LogP contribution in [0.3, 0.4) is 0 Å². The minimum Gasteiger partial charge on any atom is -0.496 e. The molecule has 98 valence electrons. The number of benzene rings is 2. The van der Waals surface area contributed by atoms with Crippen LogP contribution in [0.5, 0.6) is 5.75 Å². The number of rotatable bonds is 3. The first kappa shape index (κ1) is 12.2. The second kappa shape index (κ2) is 5.06. The average molecular weight is 254 g/mol. The van der Waals surface area contributed by atoms with Gasteiger partial charge in [0.1, 0.15) is 5.75 Å². The molecule has 1 N–H and O–H groups in total. The second-order valence-electron chi connectivity index (χ2n) is 5.03. The van der Waals surface area contributed by atoms with E-state index in [4.69, 9.17) is 4.74 Å². The van der Waals surface area contributed by atoms with Gasteiger partial charge in [-0.2, -0.15) is 0 Å². The highest BCUT2D eigenvalue weighted by molar-refractivity contribution is 5.41. The number of methoxy groups -OCH3 is 1. The second-order valence-corrected chi connectivity index (χ2v) is 5.03. The molecule has 0 heterocycles. The van der Waals surface area contributed by atoms with Crippen molar-refractivity contribution in [2.75, 3.05) is 7.11 Å². The third-order valence-electron chi connectivity index (χ3n) is 4.02. The predicted molar refractivity (Wildman–Crippen MR) is 75.5 cm³/mol. The molecule has 0 radical (unpaired) electrons. The van der Waals surface area contributed by atoms with Gasteiger partial charge in [0.05, 0.1) is 13.2 Å². The summed E-state index contributed by atoms with van der Waals surface area (Å²) in [6.45, 7) is 0. The van der Waals surface area contributed by atoms with E-state index in [0.29, 0.717) is 0 Å².